The van der Waals surface area contributed by atoms with Gasteiger partial charge in [-0.15, -0.1) is 0 Å². The van der Waals surface area contributed by atoms with Gasteiger partial charge in [0.2, 0.25) is 0 Å². The molecule has 1 unspecified atom stereocenters. The molecule has 2 heteroatoms. The van der Waals surface area contributed by atoms with Crippen molar-refractivity contribution in [3.63, 3.8) is 0 Å². The Balaban J connectivity index is 2.79. The Kier molecular flexibility index (Phi) is 5.52. The van der Waals surface area contributed by atoms with E-state index in [2.05, 4.69) is 45.1 Å². The summed E-state index contributed by atoms with van der Waals surface area (Å²) in [5, 5.41) is 3.62. The Morgan fingerprint density at radius 1 is 1.17 bits per heavy atom. The van der Waals surface area contributed by atoms with Gasteiger partial charge in [0.05, 0.1) is 6.10 Å². The highest BCUT2D eigenvalue weighted by Crippen LogP contribution is 2.24. The zero-order valence-corrected chi connectivity index (χ0v) is 12.6. The standard InChI is InChI=1S/C16H27NO/c1-7-15(11(2)3)17-16-9-8-14(10-13(16)6)18-12(4)5/h8-12,15,17H,7H2,1-6H3. The average Bonchev–Trinajstić information content (AvgIpc) is 2.26. The van der Waals surface area contributed by atoms with Gasteiger partial charge in [0, 0.05) is 11.7 Å². The molecule has 0 spiro atoms. The molecule has 102 valence electrons. The number of ether oxygens (including phenoxy) is 1. The maximum absolute atomic E-state index is 5.70. The van der Waals surface area contributed by atoms with Crippen LogP contribution >= 0.6 is 0 Å². The minimum Gasteiger partial charge on any atom is -0.491 e. The lowest BCUT2D eigenvalue weighted by Gasteiger charge is -2.23. The molecule has 1 rings (SSSR count). The monoisotopic (exact) mass is 249 g/mol. The lowest BCUT2D eigenvalue weighted by atomic mass is 10.0. The van der Waals surface area contributed by atoms with Crippen LogP contribution in [0, 0.1) is 12.8 Å². The molecule has 0 bridgehead atoms. The van der Waals surface area contributed by atoms with Gasteiger partial charge in [-0.1, -0.05) is 20.8 Å². The van der Waals surface area contributed by atoms with Crippen LogP contribution < -0.4 is 10.1 Å². The molecule has 1 atom stereocenters. The van der Waals surface area contributed by atoms with E-state index in [1.165, 1.54) is 11.3 Å². The molecule has 0 fully saturated rings. The Bertz CT molecular complexity index is 371. The number of rotatable bonds is 6. The summed E-state index contributed by atoms with van der Waals surface area (Å²) in [5.41, 5.74) is 2.46. The van der Waals surface area contributed by atoms with Crippen molar-refractivity contribution in [3.05, 3.63) is 23.8 Å². The second-order valence-corrected chi connectivity index (χ2v) is 5.55. The third-order valence-electron chi connectivity index (χ3n) is 3.16. The van der Waals surface area contributed by atoms with Crippen LogP contribution in [0.2, 0.25) is 0 Å². The minimum absolute atomic E-state index is 0.224. The second-order valence-electron chi connectivity index (χ2n) is 5.55. The van der Waals surface area contributed by atoms with Crippen LogP contribution in [0.25, 0.3) is 0 Å². The van der Waals surface area contributed by atoms with Crippen molar-refractivity contribution >= 4 is 5.69 Å². The van der Waals surface area contributed by atoms with Crippen LogP contribution in [0.1, 0.15) is 46.6 Å². The number of benzene rings is 1. The Morgan fingerprint density at radius 2 is 1.83 bits per heavy atom. The van der Waals surface area contributed by atoms with Crippen LogP contribution in [0.4, 0.5) is 5.69 Å². The number of hydrogen-bond donors (Lipinski definition) is 1. The molecule has 0 amide bonds. The summed E-state index contributed by atoms with van der Waals surface area (Å²) < 4.78 is 5.70. The summed E-state index contributed by atoms with van der Waals surface area (Å²) in [6.45, 7) is 13.0. The van der Waals surface area contributed by atoms with Crippen molar-refractivity contribution < 1.29 is 4.74 Å². The van der Waals surface area contributed by atoms with Crippen molar-refractivity contribution in [1.29, 1.82) is 0 Å². The Morgan fingerprint density at radius 3 is 2.28 bits per heavy atom. The zero-order chi connectivity index (χ0) is 13.7. The molecule has 1 aromatic carbocycles. The van der Waals surface area contributed by atoms with E-state index in [4.69, 9.17) is 4.74 Å². The van der Waals surface area contributed by atoms with Crippen molar-refractivity contribution in [2.45, 2.75) is 60.1 Å². The molecule has 0 aliphatic rings. The Labute approximate surface area is 112 Å². The molecule has 1 aromatic rings. The molecule has 1 N–H and O–H groups in total. The van der Waals surface area contributed by atoms with Gasteiger partial charge in [-0.05, 0) is 56.9 Å². The predicted octanol–water partition coefficient (Wildman–Crippen LogP) is 4.63. The molecule has 0 radical (unpaired) electrons. The van der Waals surface area contributed by atoms with Crippen molar-refractivity contribution in [2.75, 3.05) is 5.32 Å². The molecular weight excluding hydrogens is 222 g/mol. The van der Waals surface area contributed by atoms with E-state index >= 15 is 0 Å². The smallest absolute Gasteiger partial charge is 0.120 e. The highest BCUT2D eigenvalue weighted by molar-refractivity contribution is 5.54. The van der Waals surface area contributed by atoms with Crippen LogP contribution in [-0.2, 0) is 0 Å². The fourth-order valence-corrected chi connectivity index (χ4v) is 2.08. The van der Waals surface area contributed by atoms with Gasteiger partial charge in [-0.2, -0.15) is 0 Å². The van der Waals surface area contributed by atoms with E-state index in [1.807, 2.05) is 19.9 Å². The quantitative estimate of drug-likeness (QED) is 0.793. The number of anilines is 1. The normalized spacial score (nSPS) is 12.9. The van der Waals surface area contributed by atoms with E-state index in [9.17, 15) is 0 Å². The first-order valence-corrected chi connectivity index (χ1v) is 6.97. The second kappa shape index (κ2) is 6.67. The zero-order valence-electron chi connectivity index (χ0n) is 12.6. The highest BCUT2D eigenvalue weighted by atomic mass is 16.5. The SMILES string of the molecule is CCC(Nc1ccc(OC(C)C)cc1C)C(C)C. The molecule has 2 nitrogen and oxygen atoms in total. The fraction of sp³-hybridized carbons (Fsp3) is 0.625. The average molecular weight is 249 g/mol. The molecule has 0 aliphatic heterocycles. The summed E-state index contributed by atoms with van der Waals surface area (Å²) in [7, 11) is 0. The van der Waals surface area contributed by atoms with Gasteiger partial charge in [-0.25, -0.2) is 0 Å². The van der Waals surface area contributed by atoms with Crippen molar-refractivity contribution in [1.82, 2.24) is 0 Å². The molecular formula is C16H27NO. The fourth-order valence-electron chi connectivity index (χ4n) is 2.08. The first-order chi connectivity index (χ1) is 8.43. The summed E-state index contributed by atoms with van der Waals surface area (Å²) >= 11 is 0. The lowest BCUT2D eigenvalue weighted by Crippen LogP contribution is -2.24. The molecule has 0 aliphatic carbocycles. The molecule has 0 saturated heterocycles. The Hall–Kier alpha value is -1.18. The maximum Gasteiger partial charge on any atom is 0.120 e. The highest BCUT2D eigenvalue weighted by Gasteiger charge is 2.12. The molecule has 18 heavy (non-hydrogen) atoms. The van der Waals surface area contributed by atoms with Gasteiger partial charge in [0.1, 0.15) is 5.75 Å². The first kappa shape index (κ1) is 14.9. The van der Waals surface area contributed by atoms with E-state index in [0.29, 0.717) is 12.0 Å². The van der Waals surface area contributed by atoms with Crippen LogP contribution in [-0.4, -0.2) is 12.1 Å². The third kappa shape index (κ3) is 4.25. The third-order valence-corrected chi connectivity index (χ3v) is 3.16. The van der Waals surface area contributed by atoms with Gasteiger partial charge in [-0.3, -0.25) is 0 Å². The summed E-state index contributed by atoms with van der Waals surface area (Å²) in [6.07, 6.45) is 1.36. The van der Waals surface area contributed by atoms with E-state index in [1.54, 1.807) is 0 Å². The van der Waals surface area contributed by atoms with Gasteiger partial charge in [0.15, 0.2) is 0 Å². The molecule has 0 heterocycles. The topological polar surface area (TPSA) is 21.3 Å². The number of hydrogen-bond acceptors (Lipinski definition) is 2. The lowest BCUT2D eigenvalue weighted by molar-refractivity contribution is 0.242. The van der Waals surface area contributed by atoms with Crippen LogP contribution in [0.15, 0.2) is 18.2 Å². The molecule has 0 aromatic heterocycles. The van der Waals surface area contributed by atoms with Gasteiger partial charge < -0.3 is 10.1 Å². The number of nitrogens with one attached hydrogen (secondary N) is 1. The van der Waals surface area contributed by atoms with E-state index in [-0.39, 0.29) is 6.10 Å². The maximum atomic E-state index is 5.70. The minimum atomic E-state index is 0.224. The summed E-state index contributed by atoms with van der Waals surface area (Å²) in [4.78, 5) is 0. The van der Waals surface area contributed by atoms with Crippen LogP contribution in [0.5, 0.6) is 5.75 Å². The van der Waals surface area contributed by atoms with E-state index in [0.717, 1.165) is 12.2 Å². The van der Waals surface area contributed by atoms with Crippen molar-refractivity contribution in [2.24, 2.45) is 5.92 Å². The largest absolute Gasteiger partial charge is 0.491 e. The van der Waals surface area contributed by atoms with Gasteiger partial charge >= 0.3 is 0 Å². The first-order valence-electron chi connectivity index (χ1n) is 6.97. The predicted molar refractivity (Wildman–Crippen MR) is 79.5 cm³/mol. The van der Waals surface area contributed by atoms with Crippen LogP contribution in [0.3, 0.4) is 0 Å². The van der Waals surface area contributed by atoms with Crippen molar-refractivity contribution in [3.8, 4) is 5.75 Å². The van der Waals surface area contributed by atoms with E-state index < -0.39 is 0 Å². The summed E-state index contributed by atoms with van der Waals surface area (Å²) in [6, 6.07) is 6.80. The number of aryl methyl sites for hydroxylation is 1. The van der Waals surface area contributed by atoms with Gasteiger partial charge in [0.25, 0.3) is 0 Å². The summed E-state index contributed by atoms with van der Waals surface area (Å²) in [5.74, 6) is 1.59. The molecule has 0 saturated carbocycles.